The average Bonchev–Trinajstić information content (AvgIpc) is 2.76. The summed E-state index contributed by atoms with van der Waals surface area (Å²) in [6.45, 7) is 2.59. The predicted octanol–water partition coefficient (Wildman–Crippen LogP) is 2.65. The van der Waals surface area contributed by atoms with Gasteiger partial charge in [0.25, 0.3) is 0 Å². The zero-order valence-corrected chi connectivity index (χ0v) is 11.4. The molecule has 0 saturated carbocycles. The fourth-order valence-electron chi connectivity index (χ4n) is 1.71. The molecule has 1 amide bonds. The Morgan fingerprint density at radius 2 is 2.06 bits per heavy atom. The Morgan fingerprint density at radius 1 is 1.33 bits per heavy atom. The number of carbonyl (C=O) groups excluding carboxylic acids is 1. The Bertz CT molecular complexity index is 522. The first-order chi connectivity index (χ1) is 8.66. The van der Waals surface area contributed by atoms with Gasteiger partial charge in [0.05, 0.1) is 17.6 Å². The van der Waals surface area contributed by atoms with Crippen LogP contribution in [0.5, 0.6) is 0 Å². The second-order valence-corrected chi connectivity index (χ2v) is 5.21. The van der Waals surface area contributed by atoms with Gasteiger partial charge in [0.2, 0.25) is 5.91 Å². The van der Waals surface area contributed by atoms with Crippen molar-refractivity contribution in [2.24, 2.45) is 0 Å². The van der Waals surface area contributed by atoms with Crippen molar-refractivity contribution in [3.63, 3.8) is 0 Å². The number of carbonyl (C=O) groups is 1. The van der Waals surface area contributed by atoms with Crippen molar-refractivity contribution < 1.29 is 4.79 Å². The molecule has 18 heavy (non-hydrogen) atoms. The van der Waals surface area contributed by atoms with Crippen LogP contribution in [0.3, 0.4) is 0 Å². The van der Waals surface area contributed by atoms with Crippen LogP contribution < -0.4 is 0 Å². The zero-order valence-electron chi connectivity index (χ0n) is 10.6. The molecule has 2 rings (SSSR count). The first-order valence-electron chi connectivity index (χ1n) is 5.83. The Morgan fingerprint density at radius 3 is 2.67 bits per heavy atom. The fourth-order valence-corrected chi connectivity index (χ4v) is 2.48. The maximum atomic E-state index is 12.1. The van der Waals surface area contributed by atoms with Crippen molar-refractivity contribution >= 4 is 17.2 Å². The highest BCUT2D eigenvalue weighted by Gasteiger charge is 2.12. The Labute approximate surface area is 111 Å². The van der Waals surface area contributed by atoms with Crippen LogP contribution in [0.15, 0.2) is 35.8 Å². The van der Waals surface area contributed by atoms with E-state index < -0.39 is 0 Å². The molecule has 0 N–H and O–H groups in total. The first kappa shape index (κ1) is 12.8. The molecule has 0 spiro atoms. The summed E-state index contributed by atoms with van der Waals surface area (Å²) in [5.74, 6) is 0.131. The van der Waals surface area contributed by atoms with Gasteiger partial charge in [-0.2, -0.15) is 0 Å². The lowest BCUT2D eigenvalue weighted by molar-refractivity contribution is -0.129. The second-order valence-electron chi connectivity index (χ2n) is 4.27. The van der Waals surface area contributed by atoms with Crippen molar-refractivity contribution in [3.8, 4) is 0 Å². The van der Waals surface area contributed by atoms with E-state index in [0.29, 0.717) is 13.0 Å². The van der Waals surface area contributed by atoms with Crippen LogP contribution in [-0.4, -0.2) is 22.8 Å². The molecule has 0 fully saturated rings. The van der Waals surface area contributed by atoms with Gasteiger partial charge in [-0.05, 0) is 12.5 Å². The molecular weight excluding hydrogens is 244 g/mol. The number of amides is 1. The van der Waals surface area contributed by atoms with E-state index in [9.17, 15) is 4.79 Å². The van der Waals surface area contributed by atoms with E-state index in [1.807, 2.05) is 44.3 Å². The molecule has 0 aliphatic carbocycles. The lowest BCUT2D eigenvalue weighted by atomic mass is 10.2. The summed E-state index contributed by atoms with van der Waals surface area (Å²) in [5, 5.41) is 0. The van der Waals surface area contributed by atoms with Crippen LogP contribution in [-0.2, 0) is 17.8 Å². The van der Waals surface area contributed by atoms with Gasteiger partial charge in [0.15, 0.2) is 0 Å². The molecule has 1 aromatic carbocycles. The summed E-state index contributed by atoms with van der Waals surface area (Å²) in [6, 6.07) is 10.0. The molecule has 0 aliphatic heterocycles. The number of hydrogen-bond acceptors (Lipinski definition) is 3. The molecule has 0 bridgehead atoms. The molecule has 0 radical (unpaired) electrons. The lowest BCUT2D eigenvalue weighted by Crippen LogP contribution is -2.27. The highest BCUT2D eigenvalue weighted by atomic mass is 32.1. The number of hydrogen-bond donors (Lipinski definition) is 0. The first-order valence-corrected chi connectivity index (χ1v) is 6.71. The third kappa shape index (κ3) is 3.17. The second kappa shape index (κ2) is 5.78. The number of aromatic nitrogens is 1. The minimum absolute atomic E-state index is 0.131. The molecule has 4 heteroatoms. The van der Waals surface area contributed by atoms with Gasteiger partial charge < -0.3 is 4.90 Å². The maximum absolute atomic E-state index is 12.1. The van der Waals surface area contributed by atoms with E-state index in [4.69, 9.17) is 0 Å². The minimum atomic E-state index is 0.131. The standard InChI is InChI=1S/C14H16N2OS/c1-11-13(18-10-15-11)8-14(17)16(2)9-12-6-4-3-5-7-12/h3-7,10H,8-9H2,1-2H3. The zero-order chi connectivity index (χ0) is 13.0. The molecule has 0 unspecified atom stereocenters. The Hall–Kier alpha value is -1.68. The predicted molar refractivity (Wildman–Crippen MR) is 73.5 cm³/mol. The van der Waals surface area contributed by atoms with E-state index in [1.165, 1.54) is 0 Å². The van der Waals surface area contributed by atoms with Gasteiger partial charge >= 0.3 is 0 Å². The quantitative estimate of drug-likeness (QED) is 0.846. The lowest BCUT2D eigenvalue weighted by Gasteiger charge is -2.17. The van der Waals surface area contributed by atoms with Gasteiger partial charge in [0, 0.05) is 18.5 Å². The SMILES string of the molecule is Cc1ncsc1CC(=O)N(C)Cc1ccccc1. The Balaban J connectivity index is 1.95. The van der Waals surface area contributed by atoms with Crippen molar-refractivity contribution in [1.29, 1.82) is 0 Å². The van der Waals surface area contributed by atoms with Crippen LogP contribution in [0.1, 0.15) is 16.1 Å². The van der Waals surface area contributed by atoms with Crippen LogP contribution >= 0.6 is 11.3 Å². The summed E-state index contributed by atoms with van der Waals surface area (Å²) >= 11 is 1.54. The summed E-state index contributed by atoms with van der Waals surface area (Å²) < 4.78 is 0. The molecule has 1 heterocycles. The average molecular weight is 260 g/mol. The molecule has 0 saturated heterocycles. The van der Waals surface area contributed by atoms with Crippen LogP contribution in [0, 0.1) is 6.92 Å². The molecule has 2 aromatic rings. The van der Waals surface area contributed by atoms with Gasteiger partial charge in [-0.3, -0.25) is 4.79 Å². The van der Waals surface area contributed by atoms with Gasteiger partial charge in [-0.25, -0.2) is 4.98 Å². The van der Waals surface area contributed by atoms with E-state index in [-0.39, 0.29) is 5.91 Å². The van der Waals surface area contributed by atoms with Crippen LogP contribution in [0.2, 0.25) is 0 Å². The van der Waals surface area contributed by atoms with Crippen molar-refractivity contribution in [2.75, 3.05) is 7.05 Å². The van der Waals surface area contributed by atoms with Crippen molar-refractivity contribution in [2.45, 2.75) is 19.9 Å². The van der Waals surface area contributed by atoms with Crippen LogP contribution in [0.4, 0.5) is 0 Å². The number of rotatable bonds is 4. The number of benzene rings is 1. The number of aryl methyl sites for hydroxylation is 1. The smallest absolute Gasteiger partial charge is 0.227 e. The third-order valence-corrected chi connectivity index (χ3v) is 3.78. The maximum Gasteiger partial charge on any atom is 0.227 e. The minimum Gasteiger partial charge on any atom is -0.341 e. The third-order valence-electron chi connectivity index (χ3n) is 2.84. The Kier molecular flexibility index (Phi) is 4.10. The van der Waals surface area contributed by atoms with Gasteiger partial charge in [0.1, 0.15) is 0 Å². The number of thiazole rings is 1. The highest BCUT2D eigenvalue weighted by molar-refractivity contribution is 7.09. The molecule has 94 valence electrons. The van der Waals surface area contributed by atoms with Crippen LogP contribution in [0.25, 0.3) is 0 Å². The molecule has 3 nitrogen and oxygen atoms in total. The van der Waals surface area contributed by atoms with Crippen molar-refractivity contribution in [3.05, 3.63) is 52.0 Å². The van der Waals surface area contributed by atoms with Gasteiger partial charge in [-0.15, -0.1) is 11.3 Å². The largest absolute Gasteiger partial charge is 0.341 e. The number of nitrogens with zero attached hydrogens (tertiary/aromatic N) is 2. The monoisotopic (exact) mass is 260 g/mol. The van der Waals surface area contributed by atoms with E-state index >= 15 is 0 Å². The normalized spacial score (nSPS) is 10.3. The summed E-state index contributed by atoms with van der Waals surface area (Å²) in [6.07, 6.45) is 0.444. The summed E-state index contributed by atoms with van der Waals surface area (Å²) in [4.78, 5) is 19.0. The summed E-state index contributed by atoms with van der Waals surface area (Å²) in [5.41, 5.74) is 3.89. The highest BCUT2D eigenvalue weighted by Crippen LogP contribution is 2.14. The van der Waals surface area contributed by atoms with Gasteiger partial charge in [-0.1, -0.05) is 30.3 Å². The molecule has 1 aromatic heterocycles. The summed E-state index contributed by atoms with van der Waals surface area (Å²) in [7, 11) is 1.84. The van der Waals surface area contributed by atoms with E-state index in [2.05, 4.69) is 4.98 Å². The molecular formula is C14H16N2OS. The number of likely N-dealkylation sites (N-methyl/N-ethyl adjacent to an activating group) is 1. The fraction of sp³-hybridized carbons (Fsp3) is 0.286. The van der Waals surface area contributed by atoms with E-state index in [1.54, 1.807) is 21.7 Å². The van der Waals surface area contributed by atoms with E-state index in [0.717, 1.165) is 16.1 Å². The topological polar surface area (TPSA) is 33.2 Å². The molecule has 0 aliphatic rings. The van der Waals surface area contributed by atoms with Crippen molar-refractivity contribution in [1.82, 2.24) is 9.88 Å². The molecule has 0 atom stereocenters.